The highest BCUT2D eigenvalue weighted by Gasteiger charge is 2.33. The van der Waals surface area contributed by atoms with Gasteiger partial charge in [0.15, 0.2) is 0 Å². The van der Waals surface area contributed by atoms with Gasteiger partial charge in [-0.2, -0.15) is 0 Å². The molecule has 1 rings (SSSR count). The summed E-state index contributed by atoms with van der Waals surface area (Å²) >= 11 is 0. The summed E-state index contributed by atoms with van der Waals surface area (Å²) in [7, 11) is 4.47. The second kappa shape index (κ2) is 5.25. The number of esters is 1. The number of carbonyl (C=O) groups is 1. The van der Waals surface area contributed by atoms with Crippen LogP contribution in [0.2, 0.25) is 0 Å². The second-order valence-corrected chi connectivity index (χ2v) is 3.44. The Morgan fingerprint density at radius 2 is 2.07 bits per heavy atom. The number of nitrogens with two attached hydrogens (primary N) is 1. The largest absolute Gasteiger partial charge is 0.466 e. The Balaban J connectivity index is 2.85. The molecule has 0 heterocycles. The molecule has 0 spiro atoms. The molecule has 0 aliphatic heterocycles. The van der Waals surface area contributed by atoms with Gasteiger partial charge in [0.25, 0.3) is 0 Å². The molecule has 1 aliphatic carbocycles. The summed E-state index contributed by atoms with van der Waals surface area (Å²) in [6.07, 6.45) is 1.64. The normalized spacial score (nSPS) is 30.9. The topological polar surface area (TPSA) is 70.8 Å². The first-order valence-electron chi connectivity index (χ1n) is 4.74. The molecule has 3 unspecified atom stereocenters. The minimum Gasteiger partial charge on any atom is -0.466 e. The number of hydrogen-bond acceptors (Lipinski definition) is 5. The highest BCUT2D eigenvalue weighted by molar-refractivity contribution is 5.88. The molecular weight excluding hydrogens is 198 g/mol. The zero-order valence-electron chi connectivity index (χ0n) is 9.23. The van der Waals surface area contributed by atoms with E-state index in [1.54, 1.807) is 20.3 Å². The summed E-state index contributed by atoms with van der Waals surface area (Å²) in [5, 5.41) is 0. The third kappa shape index (κ3) is 2.56. The first kappa shape index (κ1) is 12.2. The van der Waals surface area contributed by atoms with E-state index in [0.717, 1.165) is 0 Å². The molecule has 0 saturated carbocycles. The Morgan fingerprint density at radius 1 is 1.40 bits per heavy atom. The molecule has 5 heteroatoms. The Bertz CT molecular complexity index is 264. The third-order valence-corrected chi connectivity index (χ3v) is 2.62. The maximum Gasteiger partial charge on any atom is 0.333 e. The zero-order chi connectivity index (χ0) is 11.4. The van der Waals surface area contributed by atoms with E-state index >= 15 is 0 Å². The monoisotopic (exact) mass is 215 g/mol. The maximum atomic E-state index is 11.4. The molecule has 15 heavy (non-hydrogen) atoms. The Labute approximate surface area is 89.2 Å². The molecule has 5 nitrogen and oxygen atoms in total. The van der Waals surface area contributed by atoms with E-state index in [1.807, 2.05) is 0 Å². The average Bonchev–Trinajstić information content (AvgIpc) is 2.28. The molecular formula is C10H17NO4. The lowest BCUT2D eigenvalue weighted by Crippen LogP contribution is -2.49. The fourth-order valence-electron chi connectivity index (χ4n) is 1.69. The van der Waals surface area contributed by atoms with Crippen molar-refractivity contribution in [1.29, 1.82) is 0 Å². The van der Waals surface area contributed by atoms with Gasteiger partial charge in [0.2, 0.25) is 0 Å². The number of methoxy groups -OCH3 is 3. The molecule has 0 fully saturated rings. The molecule has 0 radical (unpaired) electrons. The van der Waals surface area contributed by atoms with Crippen LogP contribution in [0.4, 0.5) is 0 Å². The summed E-state index contributed by atoms with van der Waals surface area (Å²) in [5.41, 5.74) is 6.45. The predicted octanol–water partition coefficient (Wildman–Crippen LogP) is -0.153. The van der Waals surface area contributed by atoms with Crippen LogP contribution < -0.4 is 5.73 Å². The molecule has 0 amide bonds. The Hall–Kier alpha value is -0.910. The maximum absolute atomic E-state index is 11.4. The van der Waals surface area contributed by atoms with E-state index in [-0.39, 0.29) is 24.2 Å². The van der Waals surface area contributed by atoms with Gasteiger partial charge in [-0.3, -0.25) is 0 Å². The van der Waals surface area contributed by atoms with Gasteiger partial charge in [0, 0.05) is 26.2 Å². The van der Waals surface area contributed by atoms with Gasteiger partial charge in [-0.25, -0.2) is 4.79 Å². The molecule has 2 N–H and O–H groups in total. The van der Waals surface area contributed by atoms with E-state index in [4.69, 9.17) is 15.2 Å². The fourth-order valence-corrected chi connectivity index (χ4v) is 1.69. The minimum atomic E-state index is -0.356. The molecule has 3 atom stereocenters. The highest BCUT2D eigenvalue weighted by Crippen LogP contribution is 2.22. The van der Waals surface area contributed by atoms with Crippen LogP contribution in [0.25, 0.3) is 0 Å². The van der Waals surface area contributed by atoms with Crippen molar-refractivity contribution < 1.29 is 19.0 Å². The van der Waals surface area contributed by atoms with Crippen LogP contribution in [0.1, 0.15) is 6.42 Å². The van der Waals surface area contributed by atoms with Gasteiger partial charge in [-0.15, -0.1) is 0 Å². The smallest absolute Gasteiger partial charge is 0.333 e. The lowest BCUT2D eigenvalue weighted by Gasteiger charge is -2.32. The van der Waals surface area contributed by atoms with E-state index < -0.39 is 0 Å². The quantitative estimate of drug-likeness (QED) is 0.663. The lowest BCUT2D eigenvalue weighted by atomic mass is 9.90. The van der Waals surface area contributed by atoms with Crippen LogP contribution in [0.3, 0.4) is 0 Å². The molecule has 0 aromatic carbocycles. The van der Waals surface area contributed by atoms with Crippen LogP contribution in [0.15, 0.2) is 11.6 Å². The second-order valence-electron chi connectivity index (χ2n) is 3.44. The van der Waals surface area contributed by atoms with Gasteiger partial charge in [0.05, 0.1) is 25.4 Å². The van der Waals surface area contributed by atoms with Crippen molar-refractivity contribution in [3.63, 3.8) is 0 Å². The number of rotatable bonds is 3. The van der Waals surface area contributed by atoms with Gasteiger partial charge < -0.3 is 19.9 Å². The van der Waals surface area contributed by atoms with E-state index in [1.165, 1.54) is 7.11 Å². The molecule has 0 saturated heterocycles. The molecule has 86 valence electrons. The molecule has 0 aromatic heterocycles. The summed E-state index contributed by atoms with van der Waals surface area (Å²) < 4.78 is 15.0. The standard InChI is InChI=1S/C10H17NO4/c1-13-7-4-6(10(12)15-3)5-8(14-2)9(7)11/h4,7-9H,5,11H2,1-3H3. The van der Waals surface area contributed by atoms with E-state index in [0.29, 0.717) is 12.0 Å². The van der Waals surface area contributed by atoms with Crippen molar-refractivity contribution in [3.05, 3.63) is 11.6 Å². The van der Waals surface area contributed by atoms with Gasteiger partial charge in [0.1, 0.15) is 0 Å². The third-order valence-electron chi connectivity index (χ3n) is 2.62. The summed E-state index contributed by atoms with van der Waals surface area (Å²) in [4.78, 5) is 11.4. The van der Waals surface area contributed by atoms with Crippen molar-refractivity contribution in [2.24, 2.45) is 5.73 Å². The number of hydrogen-bond donors (Lipinski definition) is 1. The van der Waals surface area contributed by atoms with E-state index in [2.05, 4.69) is 4.74 Å². The summed E-state index contributed by atoms with van der Waals surface area (Å²) in [5.74, 6) is -0.356. The minimum absolute atomic E-state index is 0.214. The summed E-state index contributed by atoms with van der Waals surface area (Å²) in [6, 6.07) is -0.256. The number of ether oxygens (including phenoxy) is 3. The first-order chi connectivity index (χ1) is 7.13. The molecule has 0 aromatic rings. The van der Waals surface area contributed by atoms with Crippen molar-refractivity contribution >= 4 is 5.97 Å². The van der Waals surface area contributed by atoms with Crippen molar-refractivity contribution in [3.8, 4) is 0 Å². The fraction of sp³-hybridized carbons (Fsp3) is 0.700. The molecule has 0 bridgehead atoms. The van der Waals surface area contributed by atoms with Crippen molar-refractivity contribution in [2.75, 3.05) is 21.3 Å². The van der Waals surface area contributed by atoms with Gasteiger partial charge in [-0.05, 0) is 6.08 Å². The van der Waals surface area contributed by atoms with E-state index in [9.17, 15) is 4.79 Å². The SMILES string of the molecule is COC(=O)C1=CC(OC)C(N)C(OC)C1. The molecule has 1 aliphatic rings. The first-order valence-corrected chi connectivity index (χ1v) is 4.74. The van der Waals surface area contributed by atoms with Gasteiger partial charge >= 0.3 is 5.97 Å². The van der Waals surface area contributed by atoms with Crippen molar-refractivity contribution in [1.82, 2.24) is 0 Å². The van der Waals surface area contributed by atoms with Crippen LogP contribution in [0.5, 0.6) is 0 Å². The van der Waals surface area contributed by atoms with Crippen LogP contribution in [-0.4, -0.2) is 45.5 Å². The lowest BCUT2D eigenvalue weighted by molar-refractivity contribution is -0.137. The Kier molecular flexibility index (Phi) is 4.26. The Morgan fingerprint density at radius 3 is 2.53 bits per heavy atom. The van der Waals surface area contributed by atoms with Gasteiger partial charge in [-0.1, -0.05) is 0 Å². The van der Waals surface area contributed by atoms with Crippen LogP contribution >= 0.6 is 0 Å². The van der Waals surface area contributed by atoms with Crippen LogP contribution in [-0.2, 0) is 19.0 Å². The predicted molar refractivity (Wildman–Crippen MR) is 54.3 cm³/mol. The van der Waals surface area contributed by atoms with Crippen molar-refractivity contribution in [2.45, 2.75) is 24.7 Å². The average molecular weight is 215 g/mol. The highest BCUT2D eigenvalue weighted by atomic mass is 16.5. The summed E-state index contributed by atoms with van der Waals surface area (Å²) in [6.45, 7) is 0. The number of carbonyl (C=O) groups excluding carboxylic acids is 1. The van der Waals surface area contributed by atoms with Crippen LogP contribution in [0, 0.1) is 0 Å². The zero-order valence-corrected chi connectivity index (χ0v) is 9.23.